The van der Waals surface area contributed by atoms with Crippen LogP contribution in [0.3, 0.4) is 0 Å². The molecule has 0 amide bonds. The van der Waals surface area contributed by atoms with Crippen LogP contribution in [0.2, 0.25) is 0 Å². The first-order chi connectivity index (χ1) is 7.86. The first-order valence-electron chi connectivity index (χ1n) is 5.43. The molecule has 1 aromatic carbocycles. The average molecular weight is 213 g/mol. The normalized spacial score (nSPS) is 9.38. The van der Waals surface area contributed by atoms with Crippen LogP contribution in [0.25, 0.3) is 0 Å². The summed E-state index contributed by atoms with van der Waals surface area (Å²) in [7, 11) is 0. The van der Waals surface area contributed by atoms with Crippen LogP contribution in [0.5, 0.6) is 0 Å². The van der Waals surface area contributed by atoms with E-state index >= 15 is 0 Å². The Labute approximate surface area is 96.3 Å². The van der Waals surface area contributed by atoms with Crippen molar-refractivity contribution in [3.8, 4) is 12.1 Å². The molecule has 1 aromatic rings. The molecule has 16 heavy (non-hydrogen) atoms. The van der Waals surface area contributed by atoms with Crippen LogP contribution in [-0.4, -0.2) is 6.54 Å². The van der Waals surface area contributed by atoms with Gasteiger partial charge in [0.2, 0.25) is 0 Å². The van der Waals surface area contributed by atoms with Gasteiger partial charge >= 0.3 is 0 Å². The lowest BCUT2D eigenvalue weighted by molar-refractivity contribution is 0.628. The van der Waals surface area contributed by atoms with Crippen molar-refractivity contribution in [3.05, 3.63) is 35.4 Å². The fourth-order valence-electron chi connectivity index (χ4n) is 1.38. The van der Waals surface area contributed by atoms with E-state index in [4.69, 9.17) is 10.5 Å². The molecule has 82 valence electrons. The third-order valence-corrected chi connectivity index (χ3v) is 2.30. The minimum absolute atomic E-state index is 0.637. The molecule has 0 atom stereocenters. The van der Waals surface area contributed by atoms with E-state index in [0.29, 0.717) is 12.0 Å². The van der Waals surface area contributed by atoms with E-state index in [1.165, 1.54) is 5.56 Å². The Hall–Kier alpha value is -1.84. The van der Waals surface area contributed by atoms with Gasteiger partial charge in [-0.15, -0.1) is 0 Å². The van der Waals surface area contributed by atoms with Gasteiger partial charge in [-0.1, -0.05) is 12.1 Å². The molecule has 1 rings (SSSR count). The molecule has 0 aliphatic heterocycles. The summed E-state index contributed by atoms with van der Waals surface area (Å²) in [6.07, 6.45) is 2.62. The Kier molecular flexibility index (Phi) is 5.70. The third-order valence-electron chi connectivity index (χ3n) is 2.30. The number of benzene rings is 1. The molecule has 0 unspecified atom stereocenters. The number of nitrogens with one attached hydrogen (secondary N) is 1. The molecule has 0 aromatic heterocycles. The highest BCUT2D eigenvalue weighted by Gasteiger charge is 1.93. The van der Waals surface area contributed by atoms with Gasteiger partial charge in [0.05, 0.1) is 17.7 Å². The summed E-state index contributed by atoms with van der Waals surface area (Å²) in [4.78, 5) is 0. The van der Waals surface area contributed by atoms with Crippen LogP contribution in [0, 0.1) is 22.7 Å². The minimum atomic E-state index is 0.637. The molecular formula is C13H15N3. The molecule has 0 saturated carbocycles. The van der Waals surface area contributed by atoms with Crippen molar-refractivity contribution < 1.29 is 0 Å². The van der Waals surface area contributed by atoms with Gasteiger partial charge in [-0.2, -0.15) is 10.5 Å². The summed E-state index contributed by atoms with van der Waals surface area (Å²) in [5, 5.41) is 20.3. The summed E-state index contributed by atoms with van der Waals surface area (Å²) >= 11 is 0. The van der Waals surface area contributed by atoms with Gasteiger partial charge in [0.25, 0.3) is 0 Å². The summed E-state index contributed by atoms with van der Waals surface area (Å²) < 4.78 is 0. The van der Waals surface area contributed by atoms with Crippen LogP contribution in [-0.2, 0) is 6.54 Å². The zero-order valence-corrected chi connectivity index (χ0v) is 9.24. The maximum Gasteiger partial charge on any atom is 0.0991 e. The average Bonchev–Trinajstić information content (AvgIpc) is 2.34. The number of rotatable bonds is 6. The third kappa shape index (κ3) is 4.59. The zero-order chi connectivity index (χ0) is 11.6. The van der Waals surface area contributed by atoms with E-state index in [-0.39, 0.29) is 0 Å². The Morgan fingerprint density at radius 2 is 1.81 bits per heavy atom. The molecule has 0 heterocycles. The van der Waals surface area contributed by atoms with Gasteiger partial charge in [0.15, 0.2) is 0 Å². The molecule has 0 bridgehead atoms. The monoisotopic (exact) mass is 213 g/mol. The Balaban J connectivity index is 2.18. The topological polar surface area (TPSA) is 59.6 Å². The van der Waals surface area contributed by atoms with E-state index in [0.717, 1.165) is 25.9 Å². The summed E-state index contributed by atoms with van der Waals surface area (Å²) in [6.45, 7) is 1.75. The van der Waals surface area contributed by atoms with Crippen molar-refractivity contribution in [2.45, 2.75) is 25.8 Å². The second-order valence-electron chi connectivity index (χ2n) is 3.60. The molecule has 1 N–H and O–H groups in total. The van der Waals surface area contributed by atoms with E-state index in [9.17, 15) is 0 Å². The first kappa shape index (κ1) is 12.2. The standard InChI is InChI=1S/C13H15N3/c14-8-2-1-3-9-16-11-13-6-4-12(10-15)5-7-13/h4-7,16H,1-3,9,11H2. The predicted molar refractivity (Wildman–Crippen MR) is 62.3 cm³/mol. The second kappa shape index (κ2) is 7.45. The highest BCUT2D eigenvalue weighted by molar-refractivity contribution is 5.31. The SMILES string of the molecule is N#CCCCCNCc1ccc(C#N)cc1. The molecule has 0 saturated heterocycles. The summed E-state index contributed by atoms with van der Waals surface area (Å²) in [5.41, 5.74) is 1.87. The highest BCUT2D eigenvalue weighted by Crippen LogP contribution is 2.02. The first-order valence-corrected chi connectivity index (χ1v) is 5.43. The largest absolute Gasteiger partial charge is 0.313 e. The maximum absolute atomic E-state index is 8.63. The minimum Gasteiger partial charge on any atom is -0.313 e. The summed E-state index contributed by atoms with van der Waals surface area (Å²) in [6, 6.07) is 11.8. The highest BCUT2D eigenvalue weighted by atomic mass is 14.8. The van der Waals surface area contributed by atoms with Gasteiger partial charge in [-0.3, -0.25) is 0 Å². The van der Waals surface area contributed by atoms with E-state index in [1.54, 1.807) is 0 Å². The quantitative estimate of drug-likeness (QED) is 0.738. The molecule has 0 fully saturated rings. The lowest BCUT2D eigenvalue weighted by Crippen LogP contribution is -2.14. The van der Waals surface area contributed by atoms with Gasteiger partial charge in [-0.25, -0.2) is 0 Å². The Bertz CT molecular complexity index is 381. The van der Waals surface area contributed by atoms with Gasteiger partial charge in [-0.05, 0) is 37.1 Å². The van der Waals surface area contributed by atoms with Crippen molar-refractivity contribution >= 4 is 0 Å². The van der Waals surface area contributed by atoms with Crippen molar-refractivity contribution in [2.24, 2.45) is 0 Å². The van der Waals surface area contributed by atoms with Crippen LogP contribution in [0.4, 0.5) is 0 Å². The number of nitriles is 2. The lowest BCUT2D eigenvalue weighted by Gasteiger charge is -2.03. The van der Waals surface area contributed by atoms with E-state index in [1.807, 2.05) is 24.3 Å². The molecule has 0 spiro atoms. The molecule has 0 aliphatic carbocycles. The Morgan fingerprint density at radius 1 is 1.06 bits per heavy atom. The van der Waals surface area contributed by atoms with E-state index in [2.05, 4.69) is 17.5 Å². The molecule has 0 radical (unpaired) electrons. The smallest absolute Gasteiger partial charge is 0.0991 e. The lowest BCUT2D eigenvalue weighted by atomic mass is 10.1. The fraction of sp³-hybridized carbons (Fsp3) is 0.385. The van der Waals surface area contributed by atoms with Crippen molar-refractivity contribution in [1.29, 1.82) is 10.5 Å². The summed E-state index contributed by atoms with van der Waals surface area (Å²) in [5.74, 6) is 0. The van der Waals surface area contributed by atoms with Crippen LogP contribution in [0.1, 0.15) is 30.4 Å². The molecular weight excluding hydrogens is 198 g/mol. The van der Waals surface area contributed by atoms with Crippen LogP contribution >= 0.6 is 0 Å². The molecule has 0 aliphatic rings. The van der Waals surface area contributed by atoms with Crippen molar-refractivity contribution in [3.63, 3.8) is 0 Å². The van der Waals surface area contributed by atoms with Crippen LogP contribution in [0.15, 0.2) is 24.3 Å². The number of hydrogen-bond acceptors (Lipinski definition) is 3. The second-order valence-corrected chi connectivity index (χ2v) is 3.60. The maximum atomic E-state index is 8.63. The zero-order valence-electron chi connectivity index (χ0n) is 9.24. The Morgan fingerprint density at radius 3 is 2.44 bits per heavy atom. The van der Waals surface area contributed by atoms with Gasteiger partial charge in [0, 0.05) is 13.0 Å². The van der Waals surface area contributed by atoms with Crippen molar-refractivity contribution in [2.75, 3.05) is 6.54 Å². The van der Waals surface area contributed by atoms with Crippen LogP contribution < -0.4 is 5.32 Å². The van der Waals surface area contributed by atoms with Crippen molar-refractivity contribution in [1.82, 2.24) is 5.32 Å². The molecule has 3 nitrogen and oxygen atoms in total. The fourth-order valence-corrected chi connectivity index (χ4v) is 1.38. The number of hydrogen-bond donors (Lipinski definition) is 1. The molecule has 3 heteroatoms. The van der Waals surface area contributed by atoms with Gasteiger partial charge in [0.1, 0.15) is 0 Å². The predicted octanol–water partition coefficient (Wildman–Crippen LogP) is 2.34. The van der Waals surface area contributed by atoms with E-state index < -0.39 is 0 Å². The number of nitrogens with zero attached hydrogens (tertiary/aromatic N) is 2. The van der Waals surface area contributed by atoms with Gasteiger partial charge < -0.3 is 5.32 Å². The number of unbranched alkanes of at least 4 members (excludes halogenated alkanes) is 2.